The summed E-state index contributed by atoms with van der Waals surface area (Å²) in [6.45, 7) is 2.14. The van der Waals surface area contributed by atoms with Crippen LogP contribution in [0.2, 0.25) is 0 Å². The van der Waals surface area contributed by atoms with Crippen molar-refractivity contribution < 1.29 is 0 Å². The molecule has 3 heterocycles. The molecule has 7 heteroatoms. The molecule has 0 unspecified atom stereocenters. The predicted molar refractivity (Wildman–Crippen MR) is 134 cm³/mol. The lowest BCUT2D eigenvalue weighted by atomic mass is 9.94. The average Bonchev–Trinajstić information content (AvgIpc) is 3.31. The first-order valence-corrected chi connectivity index (χ1v) is 10.7. The van der Waals surface area contributed by atoms with Crippen LogP contribution in [0.25, 0.3) is 43.7 Å². The lowest BCUT2D eigenvalue weighted by Gasteiger charge is -2.15. The lowest BCUT2D eigenvalue weighted by molar-refractivity contribution is 1.12. The van der Waals surface area contributed by atoms with Crippen molar-refractivity contribution in [1.82, 2.24) is 25.1 Å². The number of rotatable bonds is 4. The lowest BCUT2D eigenvalue weighted by Crippen LogP contribution is -1.97. The number of aryl methyl sites for hydroxylation is 1. The van der Waals surface area contributed by atoms with Gasteiger partial charge in [0.1, 0.15) is 5.82 Å². The number of hydrogen-bond acceptors (Lipinski definition) is 6. The van der Waals surface area contributed by atoms with Gasteiger partial charge in [0.25, 0.3) is 0 Å². The van der Waals surface area contributed by atoms with Gasteiger partial charge in [-0.25, -0.2) is 15.0 Å². The number of nitrogens with zero attached hydrogens (tertiary/aromatic N) is 4. The standard InChI is InChI=1S/C26H21N7/c1-15-3-6-21-20(24(15)16-4-7-22-17(11-16)13-29-26(27-2)32-22)9-10-28-25(21)31-19-5-8-23-18(12-19)14-30-33-23/h3-14H,1-2H3,(H,28,31)(H,30,33)(H,27,29,32). The summed E-state index contributed by atoms with van der Waals surface area (Å²) in [7, 11) is 1.82. The average molecular weight is 432 g/mol. The number of fused-ring (bicyclic) bond motifs is 3. The molecule has 6 aromatic rings. The largest absolute Gasteiger partial charge is 0.357 e. The van der Waals surface area contributed by atoms with Gasteiger partial charge in [-0.2, -0.15) is 5.10 Å². The molecule has 0 aliphatic heterocycles. The minimum Gasteiger partial charge on any atom is -0.357 e. The van der Waals surface area contributed by atoms with E-state index in [1.54, 1.807) is 0 Å². The maximum absolute atomic E-state index is 4.64. The second kappa shape index (κ2) is 7.56. The fourth-order valence-electron chi connectivity index (χ4n) is 4.31. The van der Waals surface area contributed by atoms with Crippen molar-refractivity contribution in [1.29, 1.82) is 0 Å². The highest BCUT2D eigenvalue weighted by molar-refractivity contribution is 6.04. The highest BCUT2D eigenvalue weighted by Crippen LogP contribution is 2.36. The summed E-state index contributed by atoms with van der Waals surface area (Å²) in [6.07, 6.45) is 5.54. The normalized spacial score (nSPS) is 11.3. The molecule has 0 fully saturated rings. The van der Waals surface area contributed by atoms with Crippen molar-refractivity contribution in [2.45, 2.75) is 6.92 Å². The van der Waals surface area contributed by atoms with Crippen LogP contribution in [0.1, 0.15) is 5.56 Å². The van der Waals surface area contributed by atoms with Gasteiger partial charge < -0.3 is 10.6 Å². The fourth-order valence-corrected chi connectivity index (χ4v) is 4.31. The van der Waals surface area contributed by atoms with Crippen molar-refractivity contribution in [2.24, 2.45) is 0 Å². The number of aromatic amines is 1. The minimum absolute atomic E-state index is 0.618. The number of H-pyrrole nitrogens is 1. The summed E-state index contributed by atoms with van der Waals surface area (Å²) in [5.41, 5.74) is 6.40. The Labute approximate surface area is 189 Å². The van der Waals surface area contributed by atoms with Gasteiger partial charge in [-0.15, -0.1) is 0 Å². The number of aromatic nitrogens is 5. The Kier molecular flexibility index (Phi) is 4.40. The molecule has 7 nitrogen and oxygen atoms in total. The SMILES string of the molecule is CNc1ncc2cc(-c3c(C)ccc4c(Nc5ccc6[nH]ncc6c5)nccc34)ccc2n1. The van der Waals surface area contributed by atoms with E-state index in [1.807, 2.05) is 43.8 Å². The van der Waals surface area contributed by atoms with Gasteiger partial charge in [0, 0.05) is 41.3 Å². The maximum Gasteiger partial charge on any atom is 0.222 e. The summed E-state index contributed by atoms with van der Waals surface area (Å²) in [4.78, 5) is 13.6. The summed E-state index contributed by atoms with van der Waals surface area (Å²) >= 11 is 0. The molecule has 0 saturated carbocycles. The minimum atomic E-state index is 0.618. The summed E-state index contributed by atoms with van der Waals surface area (Å²) in [5.74, 6) is 1.44. The van der Waals surface area contributed by atoms with Crippen LogP contribution in [0, 0.1) is 6.92 Å². The van der Waals surface area contributed by atoms with Crippen LogP contribution in [0.5, 0.6) is 0 Å². The molecule has 3 aromatic carbocycles. The molecule has 0 radical (unpaired) electrons. The molecule has 3 N–H and O–H groups in total. The first kappa shape index (κ1) is 19.2. The Morgan fingerprint density at radius 2 is 1.79 bits per heavy atom. The topological polar surface area (TPSA) is 91.4 Å². The number of hydrogen-bond donors (Lipinski definition) is 3. The van der Waals surface area contributed by atoms with Crippen molar-refractivity contribution in [3.63, 3.8) is 0 Å². The molecular formula is C26H21N7. The van der Waals surface area contributed by atoms with Crippen LogP contribution in [0.3, 0.4) is 0 Å². The Morgan fingerprint density at radius 3 is 2.70 bits per heavy atom. The Hall–Kier alpha value is -4.52. The van der Waals surface area contributed by atoms with Crippen LogP contribution in [-0.2, 0) is 0 Å². The summed E-state index contributed by atoms with van der Waals surface area (Å²) in [5, 5.41) is 17.8. The van der Waals surface area contributed by atoms with E-state index in [4.69, 9.17) is 0 Å². The Morgan fingerprint density at radius 1 is 0.848 bits per heavy atom. The maximum atomic E-state index is 4.64. The highest BCUT2D eigenvalue weighted by Gasteiger charge is 2.12. The van der Waals surface area contributed by atoms with E-state index in [9.17, 15) is 0 Å². The fraction of sp³-hybridized carbons (Fsp3) is 0.0769. The molecule has 0 atom stereocenters. The second-order valence-electron chi connectivity index (χ2n) is 8.03. The molecule has 0 amide bonds. The van der Waals surface area contributed by atoms with Crippen LogP contribution >= 0.6 is 0 Å². The van der Waals surface area contributed by atoms with E-state index in [0.717, 1.165) is 49.6 Å². The zero-order chi connectivity index (χ0) is 22.4. The van der Waals surface area contributed by atoms with Crippen LogP contribution in [0.15, 0.2) is 73.2 Å². The van der Waals surface area contributed by atoms with Gasteiger partial charge in [-0.3, -0.25) is 5.10 Å². The van der Waals surface area contributed by atoms with E-state index in [-0.39, 0.29) is 0 Å². The van der Waals surface area contributed by atoms with E-state index >= 15 is 0 Å². The molecule has 33 heavy (non-hydrogen) atoms. The predicted octanol–water partition coefficient (Wildman–Crippen LogP) is 5.82. The van der Waals surface area contributed by atoms with E-state index in [0.29, 0.717) is 5.95 Å². The van der Waals surface area contributed by atoms with Crippen LogP contribution < -0.4 is 10.6 Å². The molecule has 0 bridgehead atoms. The van der Waals surface area contributed by atoms with Crippen molar-refractivity contribution in [3.8, 4) is 11.1 Å². The van der Waals surface area contributed by atoms with Gasteiger partial charge in [-0.05, 0) is 65.4 Å². The van der Waals surface area contributed by atoms with E-state index in [2.05, 4.69) is 79.1 Å². The second-order valence-corrected chi connectivity index (χ2v) is 8.03. The third-order valence-corrected chi connectivity index (χ3v) is 5.95. The molecule has 0 spiro atoms. The quantitative estimate of drug-likeness (QED) is 0.326. The third-order valence-electron chi connectivity index (χ3n) is 5.95. The molecule has 0 aliphatic carbocycles. The molecule has 0 aliphatic rings. The molecule has 0 saturated heterocycles. The van der Waals surface area contributed by atoms with Crippen LogP contribution in [0.4, 0.5) is 17.5 Å². The number of pyridine rings is 1. The molecular weight excluding hydrogens is 410 g/mol. The van der Waals surface area contributed by atoms with Gasteiger partial charge >= 0.3 is 0 Å². The van der Waals surface area contributed by atoms with Crippen molar-refractivity contribution in [3.05, 3.63) is 78.8 Å². The van der Waals surface area contributed by atoms with E-state index in [1.165, 1.54) is 11.1 Å². The van der Waals surface area contributed by atoms with Crippen molar-refractivity contribution in [2.75, 3.05) is 17.7 Å². The highest BCUT2D eigenvalue weighted by atomic mass is 15.1. The van der Waals surface area contributed by atoms with Gasteiger partial charge in [-0.1, -0.05) is 18.2 Å². The first-order chi connectivity index (χ1) is 16.2. The summed E-state index contributed by atoms with van der Waals surface area (Å²) < 4.78 is 0. The molecule has 160 valence electrons. The molecule has 3 aromatic heterocycles. The zero-order valence-electron chi connectivity index (χ0n) is 18.2. The summed E-state index contributed by atoms with van der Waals surface area (Å²) in [6, 6.07) is 18.8. The van der Waals surface area contributed by atoms with Gasteiger partial charge in [0.05, 0.1) is 17.2 Å². The smallest absolute Gasteiger partial charge is 0.222 e. The Balaban J connectivity index is 1.47. The third kappa shape index (κ3) is 3.30. The number of benzene rings is 3. The van der Waals surface area contributed by atoms with E-state index < -0.39 is 0 Å². The van der Waals surface area contributed by atoms with Gasteiger partial charge in [0.2, 0.25) is 5.95 Å². The van der Waals surface area contributed by atoms with Crippen molar-refractivity contribution >= 4 is 50.0 Å². The molecule has 6 rings (SSSR count). The number of anilines is 3. The number of nitrogens with one attached hydrogen (secondary N) is 3. The Bertz CT molecular complexity index is 1650. The van der Waals surface area contributed by atoms with Crippen LogP contribution in [-0.4, -0.2) is 32.2 Å². The van der Waals surface area contributed by atoms with Gasteiger partial charge in [0.15, 0.2) is 0 Å². The first-order valence-electron chi connectivity index (χ1n) is 10.7. The zero-order valence-corrected chi connectivity index (χ0v) is 18.2. The monoisotopic (exact) mass is 431 g/mol.